The molecule has 78 heavy (non-hydrogen) atoms. The van der Waals surface area contributed by atoms with Crippen LogP contribution >= 0.6 is 0 Å². The molecule has 390 valence electrons. The van der Waals surface area contributed by atoms with Gasteiger partial charge in [0.05, 0.1) is 39.6 Å². The number of ether oxygens (including phenoxy) is 6. The molecule has 0 saturated carbocycles. The maximum atomic E-state index is 7.75. The molecule has 0 saturated heterocycles. The summed E-state index contributed by atoms with van der Waals surface area (Å²) in [5.74, 6) is 0. The fourth-order valence-corrected chi connectivity index (χ4v) is 10.3. The van der Waals surface area contributed by atoms with E-state index in [0.29, 0.717) is 0 Å². The van der Waals surface area contributed by atoms with Gasteiger partial charge in [0.15, 0.2) is 0 Å². The quantitative estimate of drug-likeness (QED) is 0.0479. The van der Waals surface area contributed by atoms with Gasteiger partial charge in [-0.15, -0.1) is 0 Å². The predicted octanol–water partition coefficient (Wildman–Crippen LogP) is 15.3. The van der Waals surface area contributed by atoms with Crippen LogP contribution in [0.5, 0.6) is 0 Å². The van der Waals surface area contributed by atoms with Crippen LogP contribution in [0.1, 0.15) is 55.6 Å². The second kappa shape index (κ2) is 27.3. The summed E-state index contributed by atoms with van der Waals surface area (Å²) in [6, 6.07) is 104. The summed E-state index contributed by atoms with van der Waals surface area (Å²) in [5.41, 5.74) is 7.68. The smallest absolute Gasteiger partial charge is 0.143 e. The molecule has 0 heterocycles. The van der Waals surface area contributed by atoms with Gasteiger partial charge in [-0.2, -0.15) is 0 Å². The fourth-order valence-electron chi connectivity index (χ4n) is 10.3. The van der Waals surface area contributed by atoms with E-state index < -0.39 is 35.6 Å². The summed E-state index contributed by atoms with van der Waals surface area (Å²) in [4.78, 5) is 0. The lowest BCUT2D eigenvalue weighted by molar-refractivity contribution is -0.215. The van der Waals surface area contributed by atoms with E-state index in [9.17, 15) is 0 Å². The number of hydrogen-bond acceptors (Lipinski definition) is 6. The molecule has 6 heteroatoms. The minimum absolute atomic E-state index is 0.0738. The second-order valence-electron chi connectivity index (χ2n) is 19.4. The van der Waals surface area contributed by atoms with E-state index in [1.807, 2.05) is 109 Å². The van der Waals surface area contributed by atoms with E-state index in [1.165, 1.54) is 0 Å². The molecule has 0 spiro atoms. The zero-order chi connectivity index (χ0) is 52.9. The Morgan fingerprint density at radius 2 is 0.397 bits per heavy atom. The molecule has 10 aromatic rings. The van der Waals surface area contributed by atoms with Crippen molar-refractivity contribution >= 4 is 0 Å². The Morgan fingerprint density at radius 1 is 0.218 bits per heavy atom. The first kappa shape index (κ1) is 53.4. The van der Waals surface area contributed by atoms with Crippen LogP contribution in [0.3, 0.4) is 0 Å². The van der Waals surface area contributed by atoms with E-state index in [2.05, 4.69) is 194 Å². The summed E-state index contributed by atoms with van der Waals surface area (Å²) >= 11 is 0. The monoisotopic (exact) mass is 1030 g/mol. The highest BCUT2D eigenvalue weighted by molar-refractivity contribution is 5.49. The van der Waals surface area contributed by atoms with Crippen molar-refractivity contribution in [3.8, 4) is 0 Å². The van der Waals surface area contributed by atoms with E-state index in [-0.39, 0.29) is 39.6 Å². The fraction of sp³-hybridized carbons (Fsp3) is 0.167. The molecule has 0 aliphatic carbocycles. The number of rotatable bonds is 27. The van der Waals surface area contributed by atoms with Gasteiger partial charge in [-0.25, -0.2) is 0 Å². The van der Waals surface area contributed by atoms with Gasteiger partial charge < -0.3 is 28.4 Å². The Hall–Kier alpha value is -8.04. The Balaban J connectivity index is 1.15. The van der Waals surface area contributed by atoms with Gasteiger partial charge in [0, 0.05) is 0 Å². The molecule has 0 aliphatic rings. The van der Waals surface area contributed by atoms with Crippen LogP contribution in [0.2, 0.25) is 0 Å². The Bertz CT molecular complexity index is 2810. The summed E-state index contributed by atoms with van der Waals surface area (Å²) in [5, 5.41) is 0. The van der Waals surface area contributed by atoms with E-state index in [4.69, 9.17) is 28.4 Å². The molecule has 4 atom stereocenters. The lowest BCUT2D eigenvalue weighted by Gasteiger charge is -2.42. The van der Waals surface area contributed by atoms with Crippen molar-refractivity contribution in [2.24, 2.45) is 0 Å². The second-order valence-corrected chi connectivity index (χ2v) is 19.4. The third kappa shape index (κ3) is 13.2. The minimum Gasteiger partial charge on any atom is -0.368 e. The largest absolute Gasteiger partial charge is 0.368 e. The van der Waals surface area contributed by atoms with E-state index in [0.717, 1.165) is 55.6 Å². The van der Waals surface area contributed by atoms with Crippen LogP contribution in [0.4, 0.5) is 0 Å². The minimum atomic E-state index is -1.07. The SMILES string of the molecule is c1ccc(CO[C@@H]([C@H](OCc2ccccc2)[C@H](COC(c2ccccc2)(c2ccccc2)c2ccccc2)OCc2ccccc2)[C@H](COC(c2ccccc2)(c2ccccc2)c2ccccc2)OCc2ccccc2)cc1. The van der Waals surface area contributed by atoms with E-state index in [1.54, 1.807) is 0 Å². The normalized spacial score (nSPS) is 13.3. The molecule has 0 fully saturated rings. The first-order chi connectivity index (χ1) is 38.7. The Morgan fingerprint density at radius 3 is 0.603 bits per heavy atom. The molecule has 0 unspecified atom stereocenters. The maximum absolute atomic E-state index is 7.75. The highest BCUT2D eigenvalue weighted by atomic mass is 16.6. The van der Waals surface area contributed by atoms with Gasteiger partial charge in [-0.3, -0.25) is 0 Å². The average Bonchev–Trinajstić information content (AvgIpc) is 3.56. The van der Waals surface area contributed by atoms with Crippen LogP contribution in [0.15, 0.2) is 303 Å². The average molecular weight is 1030 g/mol. The molecule has 0 amide bonds. The van der Waals surface area contributed by atoms with Crippen molar-refractivity contribution in [1.29, 1.82) is 0 Å². The standard InChI is InChI=1S/C72H66O6/c1-11-31-57(32-12-1)51-73-67(55-77-71(61-39-19-5-20-40-61,62-41-21-6-22-42-62)63-43-23-7-24-44-63)69(75-53-59-35-15-3-16-36-59)70(76-54-60-37-17-4-18-38-60)68(74-52-58-33-13-2-14-34-58)56-78-72(64-45-25-8-26-46-64,65-47-27-9-28-48-65)66-49-29-10-30-50-66/h1-50,67-70H,51-56H2/t67-,68-,69+,70+/m0/s1. The van der Waals surface area contributed by atoms with Crippen molar-refractivity contribution in [3.05, 3.63) is 359 Å². The van der Waals surface area contributed by atoms with Crippen LogP contribution in [-0.4, -0.2) is 37.6 Å². The summed E-state index contributed by atoms with van der Waals surface area (Å²) in [6.07, 6.45) is -3.20. The van der Waals surface area contributed by atoms with Gasteiger partial charge in [0.2, 0.25) is 0 Å². The lowest BCUT2D eigenvalue weighted by atomic mass is 9.80. The topological polar surface area (TPSA) is 55.4 Å². The maximum Gasteiger partial charge on any atom is 0.143 e. The van der Waals surface area contributed by atoms with Crippen LogP contribution in [0, 0.1) is 0 Å². The van der Waals surface area contributed by atoms with Gasteiger partial charge in [0.25, 0.3) is 0 Å². The summed E-state index contributed by atoms with van der Waals surface area (Å²) in [7, 11) is 0. The van der Waals surface area contributed by atoms with Gasteiger partial charge in [0.1, 0.15) is 35.6 Å². The van der Waals surface area contributed by atoms with E-state index >= 15 is 0 Å². The Labute approximate surface area is 460 Å². The molecule has 10 aromatic carbocycles. The molecule has 0 aliphatic heterocycles. The van der Waals surface area contributed by atoms with Crippen LogP contribution in [-0.2, 0) is 66.1 Å². The zero-order valence-corrected chi connectivity index (χ0v) is 43.9. The third-order valence-corrected chi connectivity index (χ3v) is 14.3. The number of hydrogen-bond donors (Lipinski definition) is 0. The molecule has 0 aromatic heterocycles. The lowest BCUT2D eigenvalue weighted by Crippen LogP contribution is -2.53. The summed E-state index contributed by atoms with van der Waals surface area (Å²) in [6.45, 7) is 1.18. The molecule has 0 bridgehead atoms. The molecular weight excluding hydrogens is 961 g/mol. The third-order valence-electron chi connectivity index (χ3n) is 14.3. The van der Waals surface area contributed by atoms with Gasteiger partial charge >= 0.3 is 0 Å². The van der Waals surface area contributed by atoms with Crippen LogP contribution in [0.25, 0.3) is 0 Å². The van der Waals surface area contributed by atoms with Crippen LogP contribution < -0.4 is 0 Å². The van der Waals surface area contributed by atoms with Crippen molar-refractivity contribution in [2.75, 3.05) is 13.2 Å². The predicted molar refractivity (Wildman–Crippen MR) is 310 cm³/mol. The highest BCUT2D eigenvalue weighted by Crippen LogP contribution is 2.43. The molecule has 10 rings (SSSR count). The first-order valence-electron chi connectivity index (χ1n) is 26.9. The summed E-state index contributed by atoms with van der Waals surface area (Å²) < 4.78 is 45.1. The molecule has 0 radical (unpaired) electrons. The zero-order valence-electron chi connectivity index (χ0n) is 43.9. The van der Waals surface area contributed by atoms with Crippen molar-refractivity contribution < 1.29 is 28.4 Å². The van der Waals surface area contributed by atoms with Crippen molar-refractivity contribution in [3.63, 3.8) is 0 Å². The highest BCUT2D eigenvalue weighted by Gasteiger charge is 2.45. The Kier molecular flexibility index (Phi) is 18.7. The van der Waals surface area contributed by atoms with Gasteiger partial charge in [-0.1, -0.05) is 303 Å². The molecule has 0 N–H and O–H groups in total. The van der Waals surface area contributed by atoms with Crippen molar-refractivity contribution in [1.82, 2.24) is 0 Å². The first-order valence-corrected chi connectivity index (χ1v) is 26.9. The molecule has 6 nitrogen and oxygen atoms in total. The molecular formula is C72H66O6. The van der Waals surface area contributed by atoms with Gasteiger partial charge in [-0.05, 0) is 55.6 Å². The number of benzene rings is 10. The van der Waals surface area contributed by atoms with Crippen molar-refractivity contribution in [2.45, 2.75) is 62.0 Å².